The van der Waals surface area contributed by atoms with E-state index < -0.39 is 0 Å². The number of thiophene rings is 1. The van der Waals surface area contributed by atoms with Gasteiger partial charge in [-0.15, -0.1) is 11.3 Å². The van der Waals surface area contributed by atoms with Crippen LogP contribution in [0.2, 0.25) is 0 Å². The second-order valence-electron chi connectivity index (χ2n) is 4.26. The lowest BCUT2D eigenvalue weighted by molar-refractivity contribution is 0.614. The number of hydrogen-bond donors (Lipinski definition) is 2. The first-order valence-electron chi connectivity index (χ1n) is 5.95. The van der Waals surface area contributed by atoms with Crippen LogP contribution in [-0.4, -0.2) is 0 Å². The van der Waals surface area contributed by atoms with Gasteiger partial charge in [0.05, 0.1) is 6.04 Å². The average molecular weight is 264 g/mol. The Labute approximate surface area is 111 Å². The van der Waals surface area contributed by atoms with Crippen molar-refractivity contribution in [3.8, 4) is 0 Å². The van der Waals surface area contributed by atoms with Crippen LogP contribution in [0.25, 0.3) is 0 Å². The smallest absolute Gasteiger partial charge is 0.123 e. The van der Waals surface area contributed by atoms with Crippen LogP contribution in [0.5, 0.6) is 0 Å². The summed E-state index contributed by atoms with van der Waals surface area (Å²) >= 11 is 1.68. The summed E-state index contributed by atoms with van der Waals surface area (Å²) in [5.74, 6) is 5.48. The molecule has 4 heteroatoms. The molecule has 0 spiro atoms. The molecule has 1 aromatic carbocycles. The Morgan fingerprint density at radius 2 is 2.17 bits per heavy atom. The molecular weight excluding hydrogens is 247 g/mol. The maximum atomic E-state index is 13.2. The highest BCUT2D eigenvalue weighted by Crippen LogP contribution is 2.31. The Balaban J connectivity index is 2.45. The number of benzene rings is 1. The van der Waals surface area contributed by atoms with Crippen molar-refractivity contribution in [3.05, 3.63) is 57.0 Å². The van der Waals surface area contributed by atoms with Crippen LogP contribution in [0.1, 0.15) is 34.5 Å². The summed E-state index contributed by atoms with van der Waals surface area (Å²) in [5, 5.41) is 2.07. The van der Waals surface area contributed by atoms with Crippen LogP contribution in [0, 0.1) is 12.7 Å². The molecule has 18 heavy (non-hydrogen) atoms. The predicted molar refractivity (Wildman–Crippen MR) is 74.0 cm³/mol. The summed E-state index contributed by atoms with van der Waals surface area (Å²) in [4.78, 5) is 1.20. The van der Waals surface area contributed by atoms with E-state index in [1.165, 1.54) is 16.5 Å². The number of hydrogen-bond acceptors (Lipinski definition) is 3. The third-order valence-corrected chi connectivity index (χ3v) is 4.16. The highest BCUT2D eigenvalue weighted by atomic mass is 32.1. The molecular formula is C14H17FN2S. The number of nitrogens with one attached hydrogen (secondary N) is 1. The predicted octanol–water partition coefficient (Wildman–Crippen LogP) is 3.31. The maximum absolute atomic E-state index is 13.2. The van der Waals surface area contributed by atoms with E-state index in [0.29, 0.717) is 0 Å². The number of halogens is 1. The Hall–Kier alpha value is -1.23. The molecule has 0 bridgehead atoms. The molecule has 2 nitrogen and oxygen atoms in total. The molecule has 0 radical (unpaired) electrons. The number of nitrogens with two attached hydrogens (primary N) is 1. The molecule has 2 aromatic rings. The third-order valence-electron chi connectivity index (χ3n) is 3.13. The summed E-state index contributed by atoms with van der Waals surface area (Å²) in [7, 11) is 0. The second kappa shape index (κ2) is 5.61. The highest BCUT2D eigenvalue weighted by Gasteiger charge is 2.18. The molecule has 0 saturated carbocycles. The van der Waals surface area contributed by atoms with E-state index in [9.17, 15) is 4.39 Å². The first-order chi connectivity index (χ1) is 8.67. The van der Waals surface area contributed by atoms with Gasteiger partial charge in [0.25, 0.3) is 0 Å². The molecule has 0 saturated heterocycles. The van der Waals surface area contributed by atoms with E-state index in [4.69, 9.17) is 5.84 Å². The number of hydrazine groups is 1. The fourth-order valence-electron chi connectivity index (χ4n) is 2.16. The molecule has 0 aliphatic rings. The van der Waals surface area contributed by atoms with Crippen LogP contribution < -0.4 is 11.3 Å². The van der Waals surface area contributed by atoms with Crippen LogP contribution >= 0.6 is 11.3 Å². The highest BCUT2D eigenvalue weighted by molar-refractivity contribution is 7.10. The van der Waals surface area contributed by atoms with Crippen LogP contribution in [0.3, 0.4) is 0 Å². The van der Waals surface area contributed by atoms with Crippen molar-refractivity contribution in [1.82, 2.24) is 5.43 Å². The third kappa shape index (κ3) is 2.46. The molecule has 0 aliphatic carbocycles. The maximum Gasteiger partial charge on any atom is 0.123 e. The fourth-order valence-corrected chi connectivity index (χ4v) is 3.24. The van der Waals surface area contributed by atoms with E-state index in [1.54, 1.807) is 23.5 Å². The summed E-state index contributed by atoms with van der Waals surface area (Å²) in [6, 6.07) is 6.86. The van der Waals surface area contributed by atoms with Crippen LogP contribution in [-0.2, 0) is 6.42 Å². The summed E-state index contributed by atoms with van der Waals surface area (Å²) in [6.07, 6.45) is 0.969. The van der Waals surface area contributed by atoms with Gasteiger partial charge in [-0.25, -0.2) is 9.82 Å². The van der Waals surface area contributed by atoms with E-state index >= 15 is 0 Å². The first kappa shape index (κ1) is 13.2. The molecule has 3 N–H and O–H groups in total. The first-order valence-corrected chi connectivity index (χ1v) is 6.83. The van der Waals surface area contributed by atoms with Gasteiger partial charge in [-0.05, 0) is 53.6 Å². The minimum Gasteiger partial charge on any atom is -0.271 e. The SMILES string of the molecule is CCc1ccsc1C(NN)c1ccc(F)cc1C. The van der Waals surface area contributed by atoms with Crippen molar-refractivity contribution in [2.45, 2.75) is 26.3 Å². The van der Waals surface area contributed by atoms with E-state index in [-0.39, 0.29) is 11.9 Å². The van der Waals surface area contributed by atoms with E-state index in [2.05, 4.69) is 23.8 Å². The Bertz CT molecular complexity index is 536. The van der Waals surface area contributed by atoms with Gasteiger partial charge in [0.2, 0.25) is 0 Å². The summed E-state index contributed by atoms with van der Waals surface area (Å²) < 4.78 is 13.2. The molecule has 1 heterocycles. The summed E-state index contributed by atoms with van der Waals surface area (Å²) in [6.45, 7) is 4.03. The van der Waals surface area contributed by atoms with Crippen LogP contribution in [0.4, 0.5) is 4.39 Å². The molecule has 0 aliphatic heterocycles. The average Bonchev–Trinajstić information content (AvgIpc) is 2.81. The second-order valence-corrected chi connectivity index (χ2v) is 5.21. The molecule has 2 rings (SSSR count). The normalized spacial score (nSPS) is 12.7. The Kier molecular flexibility index (Phi) is 4.11. The zero-order valence-electron chi connectivity index (χ0n) is 10.5. The Morgan fingerprint density at radius 1 is 1.39 bits per heavy atom. The van der Waals surface area contributed by atoms with E-state index in [0.717, 1.165) is 17.5 Å². The van der Waals surface area contributed by atoms with Gasteiger partial charge in [0.1, 0.15) is 5.82 Å². The van der Waals surface area contributed by atoms with Gasteiger partial charge >= 0.3 is 0 Å². The van der Waals surface area contributed by atoms with Gasteiger partial charge in [0.15, 0.2) is 0 Å². The van der Waals surface area contributed by atoms with Crippen molar-refractivity contribution in [3.63, 3.8) is 0 Å². The lowest BCUT2D eigenvalue weighted by Crippen LogP contribution is -2.29. The van der Waals surface area contributed by atoms with Gasteiger partial charge in [-0.3, -0.25) is 5.84 Å². The topological polar surface area (TPSA) is 38.0 Å². The molecule has 1 aromatic heterocycles. The molecule has 1 unspecified atom stereocenters. The standard InChI is InChI=1S/C14H17FN2S/c1-3-10-6-7-18-14(10)13(17-16)12-5-4-11(15)8-9(12)2/h4-8,13,17H,3,16H2,1-2H3. The summed E-state index contributed by atoms with van der Waals surface area (Å²) in [5.41, 5.74) is 6.06. The van der Waals surface area contributed by atoms with Gasteiger partial charge in [-0.1, -0.05) is 13.0 Å². The van der Waals surface area contributed by atoms with Gasteiger partial charge in [-0.2, -0.15) is 0 Å². The molecule has 1 atom stereocenters. The quantitative estimate of drug-likeness (QED) is 0.657. The van der Waals surface area contributed by atoms with Gasteiger partial charge < -0.3 is 0 Å². The van der Waals surface area contributed by atoms with Crippen molar-refractivity contribution in [2.75, 3.05) is 0 Å². The van der Waals surface area contributed by atoms with Crippen LogP contribution in [0.15, 0.2) is 29.6 Å². The van der Waals surface area contributed by atoms with Crippen molar-refractivity contribution in [1.29, 1.82) is 0 Å². The largest absolute Gasteiger partial charge is 0.271 e. The zero-order chi connectivity index (χ0) is 13.1. The minimum absolute atomic E-state index is 0.0689. The molecule has 0 fully saturated rings. The fraction of sp³-hybridized carbons (Fsp3) is 0.286. The zero-order valence-corrected chi connectivity index (χ0v) is 11.4. The Morgan fingerprint density at radius 3 is 2.78 bits per heavy atom. The minimum atomic E-state index is -0.214. The lowest BCUT2D eigenvalue weighted by Gasteiger charge is -2.19. The monoisotopic (exact) mass is 264 g/mol. The molecule has 96 valence electrons. The van der Waals surface area contributed by atoms with Crippen molar-refractivity contribution in [2.24, 2.45) is 5.84 Å². The number of rotatable bonds is 4. The van der Waals surface area contributed by atoms with Crippen molar-refractivity contribution >= 4 is 11.3 Å². The van der Waals surface area contributed by atoms with E-state index in [1.807, 2.05) is 6.92 Å². The van der Waals surface area contributed by atoms with Gasteiger partial charge in [0, 0.05) is 4.88 Å². The number of aryl methyl sites for hydroxylation is 2. The molecule has 0 amide bonds. The van der Waals surface area contributed by atoms with Crippen molar-refractivity contribution < 1.29 is 4.39 Å². The lowest BCUT2D eigenvalue weighted by atomic mass is 9.98.